The van der Waals surface area contributed by atoms with Crippen LogP contribution in [0.3, 0.4) is 0 Å². The fraction of sp³-hybridized carbons (Fsp3) is 0.0500. The first-order valence-electron chi connectivity index (χ1n) is 8.54. The van der Waals surface area contributed by atoms with Gasteiger partial charge in [0.2, 0.25) is 0 Å². The Morgan fingerprint density at radius 3 is 2.75 bits per heavy atom. The number of hydrogen-bond acceptors (Lipinski definition) is 6. The van der Waals surface area contributed by atoms with Crippen LogP contribution in [-0.4, -0.2) is 30.6 Å². The van der Waals surface area contributed by atoms with Gasteiger partial charge in [-0.1, -0.05) is 12.1 Å². The van der Waals surface area contributed by atoms with E-state index in [9.17, 15) is 4.79 Å². The van der Waals surface area contributed by atoms with Crippen LogP contribution in [0.1, 0.15) is 10.5 Å². The lowest BCUT2D eigenvalue weighted by Gasteiger charge is -2.07. The van der Waals surface area contributed by atoms with Crippen molar-refractivity contribution in [3.8, 4) is 22.6 Å². The molecule has 0 unspecified atom stereocenters. The fourth-order valence-corrected chi connectivity index (χ4v) is 2.78. The van der Waals surface area contributed by atoms with E-state index in [1.165, 1.54) is 0 Å². The molecule has 0 aromatic carbocycles. The zero-order valence-corrected chi connectivity index (χ0v) is 15.1. The molecule has 0 atom stereocenters. The highest BCUT2D eigenvalue weighted by atomic mass is 16.1. The number of anilines is 2. The number of rotatable bonds is 4. The molecule has 0 spiro atoms. The molecule has 0 radical (unpaired) electrons. The van der Waals surface area contributed by atoms with Gasteiger partial charge in [-0.05, 0) is 30.3 Å². The van der Waals surface area contributed by atoms with Crippen LogP contribution in [0.2, 0.25) is 0 Å². The van der Waals surface area contributed by atoms with Crippen LogP contribution in [0.15, 0.2) is 67.3 Å². The summed E-state index contributed by atoms with van der Waals surface area (Å²) in [6, 6.07) is 12.5. The average molecular weight is 371 g/mol. The van der Waals surface area contributed by atoms with Crippen molar-refractivity contribution in [1.29, 1.82) is 0 Å². The normalized spacial score (nSPS) is 10.6. The Morgan fingerprint density at radius 1 is 1.11 bits per heavy atom. The number of nitrogens with one attached hydrogen (secondary N) is 1. The quantitative estimate of drug-likeness (QED) is 0.570. The van der Waals surface area contributed by atoms with E-state index in [2.05, 4.69) is 25.4 Å². The van der Waals surface area contributed by atoms with Crippen molar-refractivity contribution in [3.05, 3.63) is 72.9 Å². The smallest absolute Gasteiger partial charge is 0.274 e. The van der Waals surface area contributed by atoms with Crippen LogP contribution < -0.4 is 11.1 Å². The van der Waals surface area contributed by atoms with Crippen LogP contribution >= 0.6 is 0 Å². The predicted molar refractivity (Wildman–Crippen MR) is 106 cm³/mol. The SMILES string of the molecule is Cn1cc(NC(=O)c2cccc(-c3cncc(N)c3)n2)c(-c2ccccn2)n1. The monoisotopic (exact) mass is 371 g/mol. The van der Waals surface area contributed by atoms with Crippen molar-refractivity contribution in [2.75, 3.05) is 11.1 Å². The number of pyridine rings is 3. The van der Waals surface area contributed by atoms with Crippen LogP contribution in [0.4, 0.5) is 11.4 Å². The molecule has 0 aliphatic carbocycles. The highest BCUT2D eigenvalue weighted by Gasteiger charge is 2.16. The molecule has 3 N–H and O–H groups in total. The van der Waals surface area contributed by atoms with Crippen molar-refractivity contribution in [2.45, 2.75) is 0 Å². The van der Waals surface area contributed by atoms with Gasteiger partial charge in [0.25, 0.3) is 5.91 Å². The molecule has 4 aromatic heterocycles. The van der Waals surface area contributed by atoms with Crippen LogP contribution in [-0.2, 0) is 7.05 Å². The van der Waals surface area contributed by atoms with Gasteiger partial charge in [0.1, 0.15) is 11.4 Å². The van der Waals surface area contributed by atoms with Gasteiger partial charge in [0.05, 0.1) is 22.8 Å². The molecule has 138 valence electrons. The Bertz CT molecular complexity index is 1140. The number of amides is 1. The van der Waals surface area contributed by atoms with E-state index >= 15 is 0 Å². The highest BCUT2D eigenvalue weighted by molar-refractivity contribution is 6.04. The molecule has 8 heteroatoms. The van der Waals surface area contributed by atoms with Gasteiger partial charge >= 0.3 is 0 Å². The lowest BCUT2D eigenvalue weighted by Crippen LogP contribution is -2.14. The van der Waals surface area contributed by atoms with Crippen molar-refractivity contribution >= 4 is 17.3 Å². The standard InChI is InChI=1S/C20H17N7O/c1-27-12-18(19(26-27)16-5-2-3-8-23-16)25-20(28)17-7-4-6-15(24-17)13-9-14(21)11-22-10-13/h2-12H,21H2,1H3,(H,25,28). The predicted octanol–water partition coefficient (Wildman–Crippen LogP) is 2.77. The second-order valence-corrected chi connectivity index (χ2v) is 6.15. The number of aromatic nitrogens is 5. The van der Waals surface area contributed by atoms with Gasteiger partial charge in [-0.25, -0.2) is 4.98 Å². The molecular formula is C20H17N7O. The van der Waals surface area contributed by atoms with E-state index in [0.29, 0.717) is 28.5 Å². The number of nitrogens with two attached hydrogens (primary N) is 1. The van der Waals surface area contributed by atoms with Crippen LogP contribution in [0.25, 0.3) is 22.6 Å². The molecule has 0 bridgehead atoms. The summed E-state index contributed by atoms with van der Waals surface area (Å²) in [6.07, 6.45) is 6.62. The molecule has 0 saturated carbocycles. The molecule has 8 nitrogen and oxygen atoms in total. The third-order valence-electron chi connectivity index (χ3n) is 4.02. The molecule has 4 rings (SSSR count). The second kappa shape index (κ2) is 7.28. The van der Waals surface area contributed by atoms with Crippen LogP contribution in [0, 0.1) is 0 Å². The van der Waals surface area contributed by atoms with Crippen molar-refractivity contribution in [2.24, 2.45) is 7.05 Å². The first-order chi connectivity index (χ1) is 13.6. The van der Waals surface area contributed by atoms with Crippen molar-refractivity contribution in [1.82, 2.24) is 24.7 Å². The molecule has 0 aliphatic heterocycles. The molecular weight excluding hydrogens is 354 g/mol. The minimum Gasteiger partial charge on any atom is -0.397 e. The third-order valence-corrected chi connectivity index (χ3v) is 4.02. The zero-order valence-electron chi connectivity index (χ0n) is 15.1. The van der Waals surface area contributed by atoms with Crippen molar-refractivity contribution < 1.29 is 4.79 Å². The maximum Gasteiger partial charge on any atom is 0.274 e. The average Bonchev–Trinajstić information content (AvgIpc) is 3.09. The molecule has 0 aliphatic rings. The Kier molecular flexibility index (Phi) is 4.51. The topological polar surface area (TPSA) is 112 Å². The summed E-state index contributed by atoms with van der Waals surface area (Å²) in [4.78, 5) is 25.6. The highest BCUT2D eigenvalue weighted by Crippen LogP contribution is 2.25. The minimum atomic E-state index is -0.344. The maximum absolute atomic E-state index is 12.8. The van der Waals surface area contributed by atoms with E-state index in [1.807, 2.05) is 18.2 Å². The fourth-order valence-electron chi connectivity index (χ4n) is 2.78. The summed E-state index contributed by atoms with van der Waals surface area (Å²) in [5.41, 5.74) is 9.77. The summed E-state index contributed by atoms with van der Waals surface area (Å²) in [5.74, 6) is -0.344. The van der Waals surface area contributed by atoms with Gasteiger partial charge < -0.3 is 11.1 Å². The van der Waals surface area contributed by atoms with E-state index in [4.69, 9.17) is 5.73 Å². The summed E-state index contributed by atoms with van der Waals surface area (Å²) in [7, 11) is 1.79. The molecule has 1 amide bonds. The molecule has 0 saturated heterocycles. The van der Waals surface area contributed by atoms with E-state index in [0.717, 1.165) is 5.56 Å². The maximum atomic E-state index is 12.8. The third kappa shape index (κ3) is 3.56. The Hall–Kier alpha value is -4.07. The van der Waals surface area contributed by atoms with Crippen LogP contribution in [0.5, 0.6) is 0 Å². The number of aryl methyl sites for hydroxylation is 1. The molecule has 4 heterocycles. The summed E-state index contributed by atoms with van der Waals surface area (Å²) < 4.78 is 1.63. The molecule has 0 fully saturated rings. The Labute approximate surface area is 161 Å². The first-order valence-corrected chi connectivity index (χ1v) is 8.54. The van der Waals surface area contributed by atoms with Crippen molar-refractivity contribution in [3.63, 3.8) is 0 Å². The Morgan fingerprint density at radius 2 is 1.96 bits per heavy atom. The van der Waals surface area contributed by atoms with E-state index in [1.54, 1.807) is 60.8 Å². The summed E-state index contributed by atoms with van der Waals surface area (Å²) in [5, 5.41) is 7.27. The first kappa shape index (κ1) is 17.3. The molecule has 28 heavy (non-hydrogen) atoms. The number of nitrogen functional groups attached to an aromatic ring is 1. The van der Waals surface area contributed by atoms with Gasteiger partial charge in [-0.3, -0.25) is 19.4 Å². The Balaban J connectivity index is 1.63. The zero-order chi connectivity index (χ0) is 19.5. The second-order valence-electron chi connectivity index (χ2n) is 6.15. The van der Waals surface area contributed by atoms with Gasteiger partial charge in [0, 0.05) is 37.4 Å². The largest absolute Gasteiger partial charge is 0.397 e. The van der Waals surface area contributed by atoms with Gasteiger partial charge in [0.15, 0.2) is 0 Å². The van der Waals surface area contributed by atoms with Gasteiger partial charge in [-0.2, -0.15) is 5.10 Å². The number of carbonyl (C=O) groups excluding carboxylic acids is 1. The lowest BCUT2D eigenvalue weighted by atomic mass is 10.1. The number of hydrogen-bond donors (Lipinski definition) is 2. The van der Waals surface area contributed by atoms with E-state index in [-0.39, 0.29) is 11.6 Å². The molecule has 4 aromatic rings. The van der Waals surface area contributed by atoms with E-state index < -0.39 is 0 Å². The minimum absolute atomic E-state index is 0.274. The number of nitrogens with zero attached hydrogens (tertiary/aromatic N) is 5. The summed E-state index contributed by atoms with van der Waals surface area (Å²) in [6.45, 7) is 0. The number of carbonyl (C=O) groups is 1. The lowest BCUT2D eigenvalue weighted by molar-refractivity contribution is 0.102. The van der Waals surface area contributed by atoms with Gasteiger partial charge in [-0.15, -0.1) is 0 Å². The summed E-state index contributed by atoms with van der Waals surface area (Å²) >= 11 is 0.